The second-order valence-electron chi connectivity index (χ2n) is 1.70. The zero-order valence-corrected chi connectivity index (χ0v) is 5.55. The molecule has 0 fully saturated rings. The van der Waals surface area contributed by atoms with Crippen molar-refractivity contribution in [2.24, 2.45) is 0 Å². The molecular weight excluding hydrogens is 122 g/mol. The number of carbonyl (C=O) groups is 1. The van der Waals surface area contributed by atoms with Gasteiger partial charge in [0.1, 0.15) is 6.61 Å². The minimum atomic E-state index is -0.595. The molecular formula is C5H11NO3. The zero-order chi connectivity index (χ0) is 7.28. The van der Waals surface area contributed by atoms with Crippen molar-refractivity contribution >= 4 is 6.09 Å². The molecule has 0 aromatic rings. The van der Waals surface area contributed by atoms with Gasteiger partial charge in [0.25, 0.3) is 0 Å². The highest BCUT2D eigenvalue weighted by molar-refractivity contribution is 5.66. The Balaban J connectivity index is 3.17. The Morgan fingerprint density at radius 3 is 2.78 bits per heavy atom. The Hall–Kier alpha value is -0.770. The van der Waals surface area contributed by atoms with E-state index in [-0.39, 0.29) is 6.61 Å². The van der Waals surface area contributed by atoms with E-state index in [1.54, 1.807) is 6.92 Å². The highest BCUT2D eigenvalue weighted by Gasteiger charge is 1.99. The van der Waals surface area contributed by atoms with Gasteiger partial charge in [-0.2, -0.15) is 0 Å². The number of aliphatic hydroxyl groups excluding tert-OH is 1. The molecule has 4 nitrogen and oxygen atoms in total. The number of hydrogen-bond donors (Lipinski definition) is 2. The fourth-order valence-electron chi connectivity index (χ4n) is 0.268. The van der Waals surface area contributed by atoms with Crippen molar-refractivity contribution < 1.29 is 14.6 Å². The highest BCUT2D eigenvalue weighted by Crippen LogP contribution is 1.81. The monoisotopic (exact) mass is 133 g/mol. The number of nitrogens with one attached hydrogen (secondary N) is 1. The van der Waals surface area contributed by atoms with Crippen LogP contribution in [-0.4, -0.2) is 31.0 Å². The molecule has 1 unspecified atom stereocenters. The van der Waals surface area contributed by atoms with Crippen LogP contribution in [0.5, 0.6) is 0 Å². The first-order chi connectivity index (χ1) is 4.16. The molecule has 0 spiro atoms. The molecule has 0 bridgehead atoms. The van der Waals surface area contributed by atoms with Crippen LogP contribution < -0.4 is 5.32 Å². The topological polar surface area (TPSA) is 58.6 Å². The van der Waals surface area contributed by atoms with E-state index in [1.807, 2.05) is 0 Å². The Morgan fingerprint density at radius 2 is 2.44 bits per heavy atom. The van der Waals surface area contributed by atoms with Crippen LogP contribution in [0.1, 0.15) is 6.92 Å². The number of hydrogen-bond acceptors (Lipinski definition) is 3. The summed E-state index contributed by atoms with van der Waals surface area (Å²) in [7, 11) is 1.46. The average molecular weight is 133 g/mol. The summed E-state index contributed by atoms with van der Waals surface area (Å²) in [6, 6.07) is 0. The van der Waals surface area contributed by atoms with Crippen molar-refractivity contribution in [3.8, 4) is 0 Å². The lowest BCUT2D eigenvalue weighted by Gasteiger charge is -2.04. The Morgan fingerprint density at radius 1 is 1.89 bits per heavy atom. The van der Waals surface area contributed by atoms with E-state index < -0.39 is 12.2 Å². The van der Waals surface area contributed by atoms with Gasteiger partial charge in [0.2, 0.25) is 0 Å². The lowest BCUT2D eigenvalue weighted by atomic mass is 10.4. The number of rotatable bonds is 2. The fourth-order valence-corrected chi connectivity index (χ4v) is 0.268. The molecule has 9 heavy (non-hydrogen) atoms. The van der Waals surface area contributed by atoms with Crippen LogP contribution in [0.4, 0.5) is 4.79 Å². The molecule has 0 aliphatic heterocycles. The van der Waals surface area contributed by atoms with Gasteiger partial charge in [0.05, 0.1) is 6.10 Å². The average Bonchev–Trinajstić information content (AvgIpc) is 1.83. The van der Waals surface area contributed by atoms with Crippen molar-refractivity contribution in [1.29, 1.82) is 0 Å². The van der Waals surface area contributed by atoms with Gasteiger partial charge in [0, 0.05) is 7.05 Å². The molecule has 0 radical (unpaired) electrons. The molecule has 2 N–H and O–H groups in total. The molecule has 0 heterocycles. The smallest absolute Gasteiger partial charge is 0.406 e. The van der Waals surface area contributed by atoms with Crippen molar-refractivity contribution in [2.45, 2.75) is 13.0 Å². The lowest BCUT2D eigenvalue weighted by Crippen LogP contribution is -2.23. The first-order valence-corrected chi connectivity index (χ1v) is 2.69. The third kappa shape index (κ3) is 5.10. The standard InChI is InChI=1S/C5H11NO3/c1-4(7)3-9-5(8)6-2/h4,7H,3H2,1-2H3,(H,6,8). The number of amides is 1. The SMILES string of the molecule is CNC(=O)OCC(C)O. The number of aliphatic hydroxyl groups is 1. The Kier molecular flexibility index (Phi) is 3.79. The van der Waals surface area contributed by atoms with Gasteiger partial charge in [-0.05, 0) is 6.92 Å². The van der Waals surface area contributed by atoms with E-state index in [9.17, 15) is 4.79 Å². The van der Waals surface area contributed by atoms with Crippen LogP contribution >= 0.6 is 0 Å². The van der Waals surface area contributed by atoms with Crippen molar-refractivity contribution in [2.75, 3.05) is 13.7 Å². The second-order valence-corrected chi connectivity index (χ2v) is 1.70. The quantitative estimate of drug-likeness (QED) is 0.544. The molecule has 1 amide bonds. The summed E-state index contributed by atoms with van der Waals surface area (Å²) < 4.78 is 4.45. The van der Waals surface area contributed by atoms with E-state index in [0.717, 1.165) is 0 Å². The van der Waals surface area contributed by atoms with Crippen LogP contribution in [0.2, 0.25) is 0 Å². The molecule has 0 saturated carbocycles. The van der Waals surface area contributed by atoms with Gasteiger partial charge in [-0.25, -0.2) is 4.79 Å². The van der Waals surface area contributed by atoms with Gasteiger partial charge in [-0.15, -0.1) is 0 Å². The third-order valence-corrected chi connectivity index (χ3v) is 0.660. The largest absolute Gasteiger partial charge is 0.447 e. The van der Waals surface area contributed by atoms with E-state index >= 15 is 0 Å². The Bertz CT molecular complexity index is 92.2. The summed E-state index contributed by atoms with van der Waals surface area (Å²) in [4.78, 5) is 10.3. The fraction of sp³-hybridized carbons (Fsp3) is 0.800. The molecule has 0 rings (SSSR count). The van der Waals surface area contributed by atoms with Crippen molar-refractivity contribution in [1.82, 2.24) is 5.32 Å². The van der Waals surface area contributed by atoms with Gasteiger partial charge in [0.15, 0.2) is 0 Å². The van der Waals surface area contributed by atoms with Crippen LogP contribution in [0.15, 0.2) is 0 Å². The highest BCUT2D eigenvalue weighted by atomic mass is 16.6. The molecule has 0 aromatic carbocycles. The zero-order valence-electron chi connectivity index (χ0n) is 5.55. The normalized spacial score (nSPS) is 12.3. The van der Waals surface area contributed by atoms with E-state index in [0.29, 0.717) is 0 Å². The Labute approximate surface area is 53.8 Å². The van der Waals surface area contributed by atoms with Crippen molar-refractivity contribution in [3.05, 3.63) is 0 Å². The summed E-state index contributed by atoms with van der Waals surface area (Å²) in [5.41, 5.74) is 0. The van der Waals surface area contributed by atoms with Crippen LogP contribution in [-0.2, 0) is 4.74 Å². The molecule has 0 aromatic heterocycles. The first kappa shape index (κ1) is 8.23. The summed E-state index contributed by atoms with van der Waals surface area (Å²) >= 11 is 0. The predicted octanol–water partition coefficient (Wildman–Crippen LogP) is -0.277. The molecule has 0 aliphatic rings. The molecule has 54 valence electrons. The lowest BCUT2D eigenvalue weighted by molar-refractivity contribution is 0.0792. The van der Waals surface area contributed by atoms with Crippen molar-refractivity contribution in [3.63, 3.8) is 0 Å². The van der Waals surface area contributed by atoms with E-state index in [4.69, 9.17) is 5.11 Å². The maximum Gasteiger partial charge on any atom is 0.406 e. The molecule has 0 aliphatic carbocycles. The summed E-state index contributed by atoms with van der Waals surface area (Å²) in [6.07, 6.45) is -1.11. The summed E-state index contributed by atoms with van der Waals surface area (Å²) in [6.45, 7) is 1.59. The van der Waals surface area contributed by atoms with E-state index in [1.165, 1.54) is 7.05 Å². The number of ether oxygens (including phenoxy) is 1. The summed E-state index contributed by atoms with van der Waals surface area (Å²) in [5, 5.41) is 10.8. The minimum absolute atomic E-state index is 0.0413. The molecule has 4 heteroatoms. The first-order valence-electron chi connectivity index (χ1n) is 2.69. The number of alkyl carbamates (subject to hydrolysis) is 1. The second kappa shape index (κ2) is 4.14. The minimum Gasteiger partial charge on any atom is -0.447 e. The summed E-state index contributed by atoms with van der Waals surface area (Å²) in [5.74, 6) is 0. The molecule has 0 saturated heterocycles. The van der Waals surface area contributed by atoms with Crippen LogP contribution in [0, 0.1) is 0 Å². The van der Waals surface area contributed by atoms with Gasteiger partial charge in [-0.1, -0.05) is 0 Å². The number of carbonyl (C=O) groups excluding carboxylic acids is 1. The van der Waals surface area contributed by atoms with Crippen LogP contribution in [0.25, 0.3) is 0 Å². The van der Waals surface area contributed by atoms with Gasteiger partial charge < -0.3 is 15.2 Å². The maximum absolute atomic E-state index is 10.3. The third-order valence-electron chi connectivity index (χ3n) is 0.660. The molecule has 1 atom stereocenters. The van der Waals surface area contributed by atoms with Gasteiger partial charge >= 0.3 is 6.09 Å². The maximum atomic E-state index is 10.3. The van der Waals surface area contributed by atoms with Crippen LogP contribution in [0.3, 0.4) is 0 Å². The predicted molar refractivity (Wildman–Crippen MR) is 32.1 cm³/mol. The van der Waals surface area contributed by atoms with E-state index in [2.05, 4.69) is 10.1 Å². The van der Waals surface area contributed by atoms with Gasteiger partial charge in [-0.3, -0.25) is 0 Å².